The van der Waals surface area contributed by atoms with Crippen LogP contribution >= 0.6 is 11.3 Å². The Bertz CT molecular complexity index is 1510. The van der Waals surface area contributed by atoms with Gasteiger partial charge in [0.1, 0.15) is 5.75 Å². The quantitative estimate of drug-likeness (QED) is 0.212. The van der Waals surface area contributed by atoms with Gasteiger partial charge in [0.05, 0.1) is 18.2 Å². The Morgan fingerprint density at radius 3 is 2.18 bits per heavy atom. The van der Waals surface area contributed by atoms with Crippen molar-refractivity contribution in [2.24, 2.45) is 5.41 Å². The molecule has 0 unspecified atom stereocenters. The van der Waals surface area contributed by atoms with E-state index in [1.807, 2.05) is 73.8 Å². The predicted molar refractivity (Wildman–Crippen MR) is 158 cm³/mol. The van der Waals surface area contributed by atoms with E-state index < -0.39 is 5.41 Å². The molecule has 5 nitrogen and oxygen atoms in total. The van der Waals surface area contributed by atoms with Crippen LogP contribution < -0.4 is 10.1 Å². The first-order chi connectivity index (χ1) is 18.9. The third kappa shape index (κ3) is 6.07. The summed E-state index contributed by atoms with van der Waals surface area (Å²) in [7, 11) is 1.65. The van der Waals surface area contributed by atoms with Crippen LogP contribution in [0.5, 0.6) is 5.75 Å². The number of hydrogen-bond acceptors (Lipinski definition) is 5. The molecule has 2 aromatic heterocycles. The minimum atomic E-state index is -0.745. The average Bonchev–Trinajstić information content (AvgIpc) is 3.41. The molecule has 5 rings (SSSR count). The zero-order chi connectivity index (χ0) is 27.2. The van der Waals surface area contributed by atoms with Crippen molar-refractivity contribution in [2.45, 2.75) is 26.2 Å². The van der Waals surface area contributed by atoms with Gasteiger partial charge < -0.3 is 10.1 Å². The van der Waals surface area contributed by atoms with Crippen LogP contribution in [0, 0.1) is 5.41 Å². The van der Waals surface area contributed by atoms with Gasteiger partial charge in [0, 0.05) is 30.1 Å². The maximum atomic E-state index is 13.7. The summed E-state index contributed by atoms with van der Waals surface area (Å²) in [6, 6.07) is 30.6. The number of ether oxygens (including phenoxy) is 1. The summed E-state index contributed by atoms with van der Waals surface area (Å²) in [6.45, 7) is 3.98. The second-order valence-corrected chi connectivity index (χ2v) is 10.9. The molecule has 0 radical (unpaired) electrons. The number of nitrogens with one attached hydrogen (secondary N) is 1. The second kappa shape index (κ2) is 11.6. The number of methoxy groups -OCH3 is 1. The van der Waals surface area contributed by atoms with Crippen LogP contribution in [0.25, 0.3) is 11.1 Å². The number of amides is 1. The molecule has 0 saturated carbocycles. The molecule has 0 aliphatic carbocycles. The highest BCUT2D eigenvalue weighted by atomic mass is 32.1. The number of nitrogens with zero attached hydrogens (tertiary/aromatic N) is 2. The Morgan fingerprint density at radius 2 is 1.51 bits per heavy atom. The molecule has 5 aromatic rings. The van der Waals surface area contributed by atoms with E-state index in [9.17, 15) is 4.79 Å². The minimum Gasteiger partial charge on any atom is -0.497 e. The molecule has 39 heavy (non-hydrogen) atoms. The van der Waals surface area contributed by atoms with Crippen molar-refractivity contribution in [3.63, 3.8) is 0 Å². The molecule has 196 valence electrons. The number of carbonyl (C=O) groups excluding carboxylic acids is 1. The van der Waals surface area contributed by atoms with Gasteiger partial charge in [-0.2, -0.15) is 0 Å². The summed E-state index contributed by atoms with van der Waals surface area (Å²) in [4.78, 5) is 22.5. The number of anilines is 1. The van der Waals surface area contributed by atoms with E-state index in [0.717, 1.165) is 33.7 Å². The summed E-state index contributed by atoms with van der Waals surface area (Å²) < 4.78 is 5.35. The molecule has 0 saturated heterocycles. The van der Waals surface area contributed by atoms with E-state index in [2.05, 4.69) is 46.7 Å². The first-order valence-corrected chi connectivity index (χ1v) is 13.8. The highest BCUT2D eigenvalue weighted by molar-refractivity contribution is 7.13. The summed E-state index contributed by atoms with van der Waals surface area (Å²) in [5, 5.41) is 5.72. The minimum absolute atomic E-state index is 0.0743. The van der Waals surface area contributed by atoms with E-state index in [1.165, 1.54) is 16.9 Å². The molecule has 1 N–H and O–H groups in total. The lowest BCUT2D eigenvalue weighted by molar-refractivity contribution is -0.124. The van der Waals surface area contributed by atoms with Crippen LogP contribution in [-0.2, 0) is 11.2 Å². The van der Waals surface area contributed by atoms with Crippen LogP contribution in [0.4, 0.5) is 5.13 Å². The largest absolute Gasteiger partial charge is 0.497 e. The maximum absolute atomic E-state index is 13.7. The first kappa shape index (κ1) is 26.3. The molecule has 1 atom stereocenters. The van der Waals surface area contributed by atoms with Gasteiger partial charge in [0.15, 0.2) is 5.13 Å². The lowest BCUT2D eigenvalue weighted by Gasteiger charge is -2.33. The SMILES string of the molecule is COc1ccc([C@H](c2ccccc2)C(C)(C)C(=O)Nc2nc(Cc3ccc(-c4ccncc4)cc3)cs2)cc1. The predicted octanol–water partition coefficient (Wildman–Crippen LogP) is 7.60. The lowest BCUT2D eigenvalue weighted by atomic mass is 9.70. The number of aromatic nitrogens is 2. The first-order valence-electron chi connectivity index (χ1n) is 12.9. The Balaban J connectivity index is 1.31. The van der Waals surface area contributed by atoms with Crippen molar-refractivity contribution in [3.05, 3.63) is 131 Å². The van der Waals surface area contributed by atoms with E-state index in [4.69, 9.17) is 9.72 Å². The summed E-state index contributed by atoms with van der Waals surface area (Å²) >= 11 is 1.45. The third-order valence-electron chi connectivity index (χ3n) is 7.01. The molecule has 1 amide bonds. The lowest BCUT2D eigenvalue weighted by Crippen LogP contribution is -2.37. The molecule has 3 aromatic carbocycles. The van der Waals surface area contributed by atoms with E-state index in [0.29, 0.717) is 11.6 Å². The number of pyridine rings is 1. The van der Waals surface area contributed by atoms with Crippen LogP contribution in [-0.4, -0.2) is 23.0 Å². The topological polar surface area (TPSA) is 64.1 Å². The molecule has 0 spiro atoms. The van der Waals surface area contributed by atoms with Crippen LogP contribution in [0.2, 0.25) is 0 Å². The van der Waals surface area contributed by atoms with Crippen molar-refractivity contribution in [3.8, 4) is 16.9 Å². The van der Waals surface area contributed by atoms with Gasteiger partial charge in [-0.05, 0) is 52.1 Å². The van der Waals surface area contributed by atoms with Gasteiger partial charge in [-0.25, -0.2) is 4.98 Å². The Labute approximate surface area is 233 Å². The molecule has 0 aliphatic rings. The van der Waals surface area contributed by atoms with Gasteiger partial charge >= 0.3 is 0 Å². The van der Waals surface area contributed by atoms with Crippen molar-refractivity contribution in [2.75, 3.05) is 12.4 Å². The summed E-state index contributed by atoms with van der Waals surface area (Å²) in [5.74, 6) is 0.563. The summed E-state index contributed by atoms with van der Waals surface area (Å²) in [5.41, 5.74) is 5.78. The van der Waals surface area contributed by atoms with E-state index in [-0.39, 0.29) is 11.8 Å². The zero-order valence-electron chi connectivity index (χ0n) is 22.3. The fourth-order valence-corrected chi connectivity index (χ4v) is 5.58. The van der Waals surface area contributed by atoms with E-state index in [1.54, 1.807) is 19.5 Å². The Kier molecular flexibility index (Phi) is 7.84. The monoisotopic (exact) mass is 533 g/mol. The standard InChI is InChI=1S/C33H31N3O2S/c1-33(2,30(26-7-5-4-6-8-26)27-13-15-29(38-3)16-14-27)31(37)36-32-35-28(22-39-32)21-23-9-11-24(12-10-23)25-17-19-34-20-18-25/h4-20,22,30H,21H2,1-3H3,(H,35,36,37)/t30-/m0/s1. The fraction of sp³-hybridized carbons (Fsp3) is 0.182. The average molecular weight is 534 g/mol. The number of rotatable bonds is 9. The van der Waals surface area contributed by atoms with Gasteiger partial charge in [-0.1, -0.05) is 80.6 Å². The van der Waals surface area contributed by atoms with Crippen molar-refractivity contribution in [1.29, 1.82) is 0 Å². The maximum Gasteiger partial charge on any atom is 0.232 e. The smallest absolute Gasteiger partial charge is 0.232 e. The van der Waals surface area contributed by atoms with Crippen LogP contribution in [0.3, 0.4) is 0 Å². The number of carbonyl (C=O) groups is 1. The van der Waals surface area contributed by atoms with Gasteiger partial charge in [-0.15, -0.1) is 11.3 Å². The van der Waals surface area contributed by atoms with Crippen molar-refractivity contribution < 1.29 is 9.53 Å². The van der Waals surface area contributed by atoms with Gasteiger partial charge in [-0.3, -0.25) is 9.78 Å². The van der Waals surface area contributed by atoms with Crippen molar-refractivity contribution in [1.82, 2.24) is 9.97 Å². The number of thiazole rings is 1. The second-order valence-electron chi connectivity index (χ2n) is 10.0. The van der Waals surface area contributed by atoms with Crippen molar-refractivity contribution >= 4 is 22.4 Å². The van der Waals surface area contributed by atoms with Gasteiger partial charge in [0.2, 0.25) is 5.91 Å². The third-order valence-corrected chi connectivity index (χ3v) is 7.82. The molecule has 0 bridgehead atoms. The highest BCUT2D eigenvalue weighted by Gasteiger charge is 2.39. The zero-order valence-corrected chi connectivity index (χ0v) is 23.1. The van der Waals surface area contributed by atoms with E-state index >= 15 is 0 Å². The summed E-state index contributed by atoms with van der Waals surface area (Å²) in [6.07, 6.45) is 4.30. The highest BCUT2D eigenvalue weighted by Crippen LogP contribution is 2.42. The fourth-order valence-electron chi connectivity index (χ4n) is 4.87. The Morgan fingerprint density at radius 1 is 0.872 bits per heavy atom. The number of hydrogen-bond donors (Lipinski definition) is 1. The number of benzene rings is 3. The molecule has 6 heteroatoms. The molecule has 0 fully saturated rings. The van der Waals surface area contributed by atoms with Crippen LogP contribution in [0.15, 0.2) is 109 Å². The molecular formula is C33H31N3O2S. The molecule has 0 aliphatic heterocycles. The molecular weight excluding hydrogens is 502 g/mol. The van der Waals surface area contributed by atoms with Crippen LogP contribution in [0.1, 0.15) is 42.1 Å². The normalized spacial score (nSPS) is 12.1. The molecule has 2 heterocycles. The Hall–Kier alpha value is -4.29. The van der Waals surface area contributed by atoms with Gasteiger partial charge in [0.25, 0.3) is 0 Å².